The maximum atomic E-state index is 11.9. The standard InChI is InChI=1S/C12H19NO2.C3H8/c1-3-5-9-13(8-4-2)12(14)11-7-6-10-15-11;1-3-2/h6-7,10H,3-5,8-9H2,1-2H3;3H2,1-2H3. The van der Waals surface area contributed by atoms with Crippen molar-refractivity contribution < 1.29 is 9.21 Å². The maximum Gasteiger partial charge on any atom is 0.289 e. The van der Waals surface area contributed by atoms with Crippen molar-refractivity contribution in [2.45, 2.75) is 53.4 Å². The molecule has 0 aliphatic heterocycles. The van der Waals surface area contributed by atoms with Crippen LogP contribution in [0.5, 0.6) is 0 Å². The molecule has 18 heavy (non-hydrogen) atoms. The molecule has 0 radical (unpaired) electrons. The highest BCUT2D eigenvalue weighted by Crippen LogP contribution is 2.07. The molecule has 0 atom stereocenters. The van der Waals surface area contributed by atoms with Crippen molar-refractivity contribution in [3.8, 4) is 0 Å². The molecule has 104 valence electrons. The quantitative estimate of drug-likeness (QED) is 0.755. The number of hydrogen-bond acceptors (Lipinski definition) is 2. The SMILES string of the molecule is CCC.CCCCN(CCC)C(=O)c1ccco1. The molecule has 0 saturated carbocycles. The van der Waals surface area contributed by atoms with Gasteiger partial charge in [0.15, 0.2) is 5.76 Å². The topological polar surface area (TPSA) is 33.5 Å². The zero-order valence-electron chi connectivity index (χ0n) is 12.2. The van der Waals surface area contributed by atoms with Crippen LogP contribution >= 0.6 is 0 Å². The van der Waals surface area contributed by atoms with Crippen molar-refractivity contribution in [2.75, 3.05) is 13.1 Å². The molecule has 0 aliphatic carbocycles. The molecule has 0 fully saturated rings. The summed E-state index contributed by atoms with van der Waals surface area (Å²) in [6.45, 7) is 10.1. The minimum Gasteiger partial charge on any atom is -0.459 e. The number of unbranched alkanes of at least 4 members (excludes halogenated alkanes) is 1. The van der Waals surface area contributed by atoms with Gasteiger partial charge in [-0.2, -0.15) is 0 Å². The Kier molecular flexibility index (Phi) is 10.1. The monoisotopic (exact) mass is 253 g/mol. The summed E-state index contributed by atoms with van der Waals surface area (Å²) < 4.78 is 5.11. The van der Waals surface area contributed by atoms with E-state index in [0.29, 0.717) is 5.76 Å². The van der Waals surface area contributed by atoms with Crippen molar-refractivity contribution in [1.82, 2.24) is 4.90 Å². The van der Waals surface area contributed by atoms with Gasteiger partial charge in [-0.3, -0.25) is 4.79 Å². The first-order valence-corrected chi connectivity index (χ1v) is 7.03. The third-order valence-electron chi connectivity index (χ3n) is 2.29. The number of carbonyl (C=O) groups is 1. The molecule has 1 aromatic rings. The molecular formula is C15H27NO2. The molecule has 0 aliphatic rings. The summed E-state index contributed by atoms with van der Waals surface area (Å²) in [7, 11) is 0. The van der Waals surface area contributed by atoms with Crippen LogP contribution in [0.25, 0.3) is 0 Å². The van der Waals surface area contributed by atoms with Gasteiger partial charge in [-0.1, -0.05) is 40.5 Å². The first-order valence-electron chi connectivity index (χ1n) is 7.03. The predicted octanol–water partition coefficient (Wildman–Crippen LogP) is 4.35. The molecule has 0 spiro atoms. The number of hydrogen-bond donors (Lipinski definition) is 0. The summed E-state index contributed by atoms with van der Waals surface area (Å²) >= 11 is 0. The zero-order chi connectivity index (χ0) is 13.8. The van der Waals surface area contributed by atoms with E-state index in [4.69, 9.17) is 4.42 Å². The third kappa shape index (κ3) is 6.48. The lowest BCUT2D eigenvalue weighted by atomic mass is 10.2. The Morgan fingerprint density at radius 1 is 1.17 bits per heavy atom. The molecule has 1 heterocycles. The molecular weight excluding hydrogens is 226 g/mol. The molecule has 1 amide bonds. The van der Waals surface area contributed by atoms with Crippen molar-refractivity contribution >= 4 is 5.91 Å². The average Bonchev–Trinajstić information content (AvgIpc) is 2.88. The van der Waals surface area contributed by atoms with Crippen LogP contribution in [-0.2, 0) is 0 Å². The van der Waals surface area contributed by atoms with E-state index < -0.39 is 0 Å². The van der Waals surface area contributed by atoms with Gasteiger partial charge in [0.25, 0.3) is 5.91 Å². The van der Waals surface area contributed by atoms with Crippen molar-refractivity contribution in [3.05, 3.63) is 24.2 Å². The minimum atomic E-state index is 0.00954. The first-order chi connectivity index (χ1) is 8.71. The van der Waals surface area contributed by atoms with E-state index in [2.05, 4.69) is 27.7 Å². The molecule has 1 rings (SSSR count). The number of rotatable bonds is 6. The summed E-state index contributed by atoms with van der Waals surface area (Å²) in [4.78, 5) is 13.8. The second-order valence-corrected chi connectivity index (χ2v) is 4.33. The molecule has 3 heteroatoms. The van der Waals surface area contributed by atoms with E-state index in [0.717, 1.165) is 32.4 Å². The molecule has 0 N–H and O–H groups in total. The van der Waals surface area contributed by atoms with Gasteiger partial charge in [0.05, 0.1) is 6.26 Å². The van der Waals surface area contributed by atoms with E-state index in [-0.39, 0.29) is 5.91 Å². The highest BCUT2D eigenvalue weighted by atomic mass is 16.3. The molecule has 0 unspecified atom stereocenters. The van der Waals surface area contributed by atoms with Gasteiger partial charge in [0.1, 0.15) is 0 Å². The fourth-order valence-corrected chi connectivity index (χ4v) is 1.49. The lowest BCUT2D eigenvalue weighted by Gasteiger charge is -2.20. The Balaban J connectivity index is 0.000000873. The summed E-state index contributed by atoms with van der Waals surface area (Å²) in [5.74, 6) is 0.454. The van der Waals surface area contributed by atoms with E-state index in [1.165, 1.54) is 12.7 Å². The van der Waals surface area contributed by atoms with Gasteiger partial charge in [-0.05, 0) is 25.0 Å². The molecule has 0 saturated heterocycles. The van der Waals surface area contributed by atoms with Crippen molar-refractivity contribution in [3.63, 3.8) is 0 Å². The Morgan fingerprint density at radius 3 is 2.28 bits per heavy atom. The second kappa shape index (κ2) is 10.9. The highest BCUT2D eigenvalue weighted by molar-refractivity contribution is 5.91. The molecule has 3 nitrogen and oxygen atoms in total. The van der Waals surface area contributed by atoms with Gasteiger partial charge >= 0.3 is 0 Å². The smallest absolute Gasteiger partial charge is 0.289 e. The summed E-state index contributed by atoms with van der Waals surface area (Å²) in [5, 5.41) is 0. The van der Waals surface area contributed by atoms with Crippen LogP contribution in [0.15, 0.2) is 22.8 Å². The van der Waals surface area contributed by atoms with Crippen LogP contribution in [0.4, 0.5) is 0 Å². The van der Waals surface area contributed by atoms with Gasteiger partial charge in [0.2, 0.25) is 0 Å². The lowest BCUT2D eigenvalue weighted by Crippen LogP contribution is -2.32. The van der Waals surface area contributed by atoms with Crippen LogP contribution in [0.3, 0.4) is 0 Å². The normalized spacial score (nSPS) is 9.56. The highest BCUT2D eigenvalue weighted by Gasteiger charge is 2.16. The third-order valence-corrected chi connectivity index (χ3v) is 2.29. The van der Waals surface area contributed by atoms with E-state index in [9.17, 15) is 4.79 Å². The predicted molar refractivity (Wildman–Crippen MR) is 75.8 cm³/mol. The molecule has 1 aromatic heterocycles. The molecule has 0 bridgehead atoms. The Morgan fingerprint density at radius 2 is 1.83 bits per heavy atom. The van der Waals surface area contributed by atoms with Crippen LogP contribution in [-0.4, -0.2) is 23.9 Å². The first kappa shape index (κ1) is 16.8. The van der Waals surface area contributed by atoms with E-state index in [1.807, 2.05) is 4.90 Å². The van der Waals surface area contributed by atoms with Crippen LogP contribution in [0.2, 0.25) is 0 Å². The number of amides is 1. The fraction of sp³-hybridized carbons (Fsp3) is 0.667. The van der Waals surface area contributed by atoms with Crippen LogP contribution in [0, 0.1) is 0 Å². The van der Waals surface area contributed by atoms with E-state index in [1.54, 1.807) is 12.1 Å². The van der Waals surface area contributed by atoms with Crippen LogP contribution < -0.4 is 0 Å². The Labute approximate surface area is 111 Å². The van der Waals surface area contributed by atoms with Gasteiger partial charge in [-0.15, -0.1) is 0 Å². The van der Waals surface area contributed by atoms with Gasteiger partial charge < -0.3 is 9.32 Å². The van der Waals surface area contributed by atoms with Crippen molar-refractivity contribution in [2.24, 2.45) is 0 Å². The maximum absolute atomic E-state index is 11.9. The van der Waals surface area contributed by atoms with Crippen LogP contribution in [0.1, 0.15) is 63.9 Å². The zero-order valence-corrected chi connectivity index (χ0v) is 12.2. The fourth-order valence-electron chi connectivity index (χ4n) is 1.49. The Hall–Kier alpha value is -1.25. The lowest BCUT2D eigenvalue weighted by molar-refractivity contribution is 0.0721. The number of nitrogens with zero attached hydrogens (tertiary/aromatic N) is 1. The number of furan rings is 1. The largest absolute Gasteiger partial charge is 0.459 e. The minimum absolute atomic E-state index is 0.00954. The summed E-state index contributed by atoms with van der Waals surface area (Å²) in [6.07, 6.45) is 5.92. The average molecular weight is 253 g/mol. The second-order valence-electron chi connectivity index (χ2n) is 4.33. The van der Waals surface area contributed by atoms with Crippen molar-refractivity contribution in [1.29, 1.82) is 0 Å². The summed E-state index contributed by atoms with van der Waals surface area (Å²) in [6, 6.07) is 3.47. The number of carbonyl (C=O) groups excluding carboxylic acids is 1. The summed E-state index contributed by atoms with van der Waals surface area (Å²) in [5.41, 5.74) is 0. The van der Waals surface area contributed by atoms with Gasteiger partial charge in [-0.25, -0.2) is 0 Å². The van der Waals surface area contributed by atoms with E-state index >= 15 is 0 Å². The van der Waals surface area contributed by atoms with Gasteiger partial charge in [0, 0.05) is 13.1 Å². The Bertz CT molecular complexity index is 293. The molecule has 0 aromatic carbocycles.